The largest absolute Gasteiger partial charge is 0.441 e. The third kappa shape index (κ3) is 4.65. The van der Waals surface area contributed by atoms with Crippen molar-refractivity contribution in [2.24, 2.45) is 0 Å². The zero-order valence-electron chi connectivity index (χ0n) is 8.77. The average molecular weight is 250 g/mol. The molecule has 0 unspecified atom stereocenters. The number of anilines is 2. The molecule has 0 aliphatic heterocycles. The summed E-state index contributed by atoms with van der Waals surface area (Å²) in [5.41, 5.74) is 3.79. The molecule has 0 amide bonds. The Bertz CT molecular complexity index is 352. The first-order chi connectivity index (χ1) is 7.38. The van der Waals surface area contributed by atoms with Gasteiger partial charge in [0.1, 0.15) is 0 Å². The maximum Gasteiger partial charge on any atom is 0.441 e. The molecule has 2 nitrogen and oxygen atoms in total. The van der Waals surface area contributed by atoms with Gasteiger partial charge in [0.2, 0.25) is 0 Å². The van der Waals surface area contributed by atoms with E-state index >= 15 is 0 Å². The van der Waals surface area contributed by atoms with E-state index in [-0.39, 0.29) is 24.1 Å². The van der Waals surface area contributed by atoms with Crippen LogP contribution in [0.1, 0.15) is 5.56 Å². The van der Waals surface area contributed by atoms with E-state index in [4.69, 9.17) is 5.73 Å². The van der Waals surface area contributed by atoms with Crippen molar-refractivity contribution >= 4 is 23.1 Å². The molecule has 1 aromatic carbocycles. The van der Waals surface area contributed by atoms with E-state index in [0.717, 1.165) is 11.3 Å². The topological polar surface area (TPSA) is 38.0 Å². The third-order valence-electron chi connectivity index (χ3n) is 1.93. The highest BCUT2D eigenvalue weighted by Crippen LogP contribution is 2.29. The lowest BCUT2D eigenvalue weighted by Gasteiger charge is -2.10. The molecule has 0 bridgehead atoms. The number of aryl methyl sites for hydroxylation is 1. The van der Waals surface area contributed by atoms with Crippen LogP contribution in [0.25, 0.3) is 0 Å². The zero-order chi connectivity index (χ0) is 12.2. The molecule has 0 atom stereocenters. The fourth-order valence-electron chi connectivity index (χ4n) is 1.24. The minimum Gasteiger partial charge on any atom is -0.399 e. The van der Waals surface area contributed by atoms with Crippen molar-refractivity contribution in [3.8, 4) is 0 Å². The summed E-state index contributed by atoms with van der Waals surface area (Å²) in [5.74, 6) is -0.00663. The molecule has 6 heteroatoms. The van der Waals surface area contributed by atoms with Gasteiger partial charge in [0.25, 0.3) is 0 Å². The monoisotopic (exact) mass is 250 g/mol. The number of halogens is 3. The number of nitrogen functional groups attached to an aromatic ring is 1. The highest BCUT2D eigenvalue weighted by atomic mass is 32.2. The van der Waals surface area contributed by atoms with Crippen LogP contribution in [0.3, 0.4) is 0 Å². The Labute approximate surface area is 96.4 Å². The molecular weight excluding hydrogens is 237 g/mol. The SMILES string of the molecule is Cc1cc(N)ccc1NCCSC(F)(F)F. The second kappa shape index (κ2) is 5.34. The van der Waals surface area contributed by atoms with E-state index in [1.165, 1.54) is 0 Å². The van der Waals surface area contributed by atoms with E-state index in [1.54, 1.807) is 18.2 Å². The number of alkyl halides is 3. The maximum absolute atomic E-state index is 11.8. The quantitative estimate of drug-likeness (QED) is 0.636. The number of rotatable bonds is 4. The molecule has 0 saturated carbocycles. The van der Waals surface area contributed by atoms with E-state index in [0.29, 0.717) is 5.69 Å². The molecule has 0 aromatic heterocycles. The molecule has 0 aliphatic rings. The second-order valence-electron chi connectivity index (χ2n) is 3.30. The third-order valence-corrected chi connectivity index (χ3v) is 2.67. The maximum atomic E-state index is 11.8. The van der Waals surface area contributed by atoms with E-state index in [1.807, 2.05) is 6.92 Å². The van der Waals surface area contributed by atoms with Crippen molar-refractivity contribution in [3.05, 3.63) is 23.8 Å². The van der Waals surface area contributed by atoms with Gasteiger partial charge in [0, 0.05) is 23.7 Å². The molecule has 90 valence electrons. The van der Waals surface area contributed by atoms with Gasteiger partial charge in [-0.25, -0.2) is 0 Å². The minimum atomic E-state index is -4.15. The van der Waals surface area contributed by atoms with Gasteiger partial charge in [-0.2, -0.15) is 13.2 Å². The van der Waals surface area contributed by atoms with Crippen LogP contribution >= 0.6 is 11.8 Å². The summed E-state index contributed by atoms with van der Waals surface area (Å²) >= 11 is -0.0254. The van der Waals surface area contributed by atoms with Crippen molar-refractivity contribution < 1.29 is 13.2 Å². The molecule has 0 saturated heterocycles. The van der Waals surface area contributed by atoms with E-state index < -0.39 is 5.51 Å². The first-order valence-electron chi connectivity index (χ1n) is 4.69. The van der Waals surface area contributed by atoms with Crippen molar-refractivity contribution in [2.75, 3.05) is 23.3 Å². The van der Waals surface area contributed by atoms with Gasteiger partial charge in [-0.1, -0.05) is 0 Å². The van der Waals surface area contributed by atoms with Gasteiger partial charge in [0.15, 0.2) is 0 Å². The van der Waals surface area contributed by atoms with Crippen molar-refractivity contribution in [1.82, 2.24) is 0 Å². The molecule has 3 N–H and O–H groups in total. The van der Waals surface area contributed by atoms with Gasteiger partial charge >= 0.3 is 5.51 Å². The van der Waals surface area contributed by atoms with Gasteiger partial charge in [-0.05, 0) is 42.4 Å². The summed E-state index contributed by atoms with van der Waals surface area (Å²) in [7, 11) is 0. The number of hydrogen-bond donors (Lipinski definition) is 2. The average Bonchev–Trinajstić information content (AvgIpc) is 2.13. The Balaban J connectivity index is 2.38. The number of nitrogens with one attached hydrogen (secondary N) is 1. The highest BCUT2D eigenvalue weighted by Gasteiger charge is 2.27. The first-order valence-corrected chi connectivity index (χ1v) is 5.68. The van der Waals surface area contributed by atoms with Crippen LogP contribution in [-0.4, -0.2) is 17.8 Å². The van der Waals surface area contributed by atoms with Gasteiger partial charge in [-0.15, -0.1) is 0 Å². The number of nitrogens with two attached hydrogens (primary N) is 1. The van der Waals surface area contributed by atoms with E-state index in [2.05, 4.69) is 5.32 Å². The fraction of sp³-hybridized carbons (Fsp3) is 0.400. The van der Waals surface area contributed by atoms with Crippen LogP contribution in [-0.2, 0) is 0 Å². The Kier molecular flexibility index (Phi) is 4.35. The van der Waals surface area contributed by atoms with Crippen molar-refractivity contribution in [1.29, 1.82) is 0 Å². The Hall–Kier alpha value is -1.04. The van der Waals surface area contributed by atoms with Gasteiger partial charge in [-0.3, -0.25) is 0 Å². The summed E-state index contributed by atoms with van der Waals surface area (Å²) in [4.78, 5) is 0. The normalized spacial score (nSPS) is 11.5. The summed E-state index contributed by atoms with van der Waals surface area (Å²) in [5, 5.41) is 2.94. The summed E-state index contributed by atoms with van der Waals surface area (Å²) < 4.78 is 35.5. The molecule has 1 aromatic rings. The van der Waals surface area contributed by atoms with Crippen molar-refractivity contribution in [2.45, 2.75) is 12.4 Å². The molecule has 1 rings (SSSR count). The lowest BCUT2D eigenvalue weighted by molar-refractivity contribution is -0.0327. The first kappa shape index (κ1) is 13.0. The zero-order valence-corrected chi connectivity index (χ0v) is 9.58. The Morgan fingerprint density at radius 3 is 2.62 bits per heavy atom. The summed E-state index contributed by atoms with van der Waals surface area (Å²) in [6.45, 7) is 2.13. The van der Waals surface area contributed by atoms with Crippen LogP contribution in [0.2, 0.25) is 0 Å². The molecule has 0 spiro atoms. The van der Waals surface area contributed by atoms with Crippen LogP contribution in [0.5, 0.6) is 0 Å². The van der Waals surface area contributed by atoms with Gasteiger partial charge in [0.05, 0.1) is 0 Å². The van der Waals surface area contributed by atoms with Crippen LogP contribution in [0.4, 0.5) is 24.5 Å². The highest BCUT2D eigenvalue weighted by molar-refractivity contribution is 8.00. The number of thioether (sulfide) groups is 1. The fourth-order valence-corrected chi connectivity index (χ4v) is 1.67. The lowest BCUT2D eigenvalue weighted by atomic mass is 10.2. The molecule has 0 heterocycles. The molecule has 0 fully saturated rings. The smallest absolute Gasteiger partial charge is 0.399 e. The Morgan fingerprint density at radius 2 is 2.06 bits per heavy atom. The molecule has 16 heavy (non-hydrogen) atoms. The standard InChI is InChI=1S/C10H13F3N2S/c1-7-6-8(14)2-3-9(7)15-4-5-16-10(11,12)13/h2-3,6,15H,4-5,14H2,1H3. The van der Waals surface area contributed by atoms with Crippen molar-refractivity contribution in [3.63, 3.8) is 0 Å². The number of hydrogen-bond acceptors (Lipinski definition) is 3. The number of benzene rings is 1. The lowest BCUT2D eigenvalue weighted by Crippen LogP contribution is -2.10. The molecule has 0 aliphatic carbocycles. The van der Waals surface area contributed by atoms with Gasteiger partial charge < -0.3 is 11.1 Å². The molecular formula is C10H13F3N2S. The summed E-state index contributed by atoms with van der Waals surface area (Å²) in [6, 6.07) is 5.26. The van der Waals surface area contributed by atoms with Crippen LogP contribution < -0.4 is 11.1 Å². The minimum absolute atomic E-state index is 0.00663. The van der Waals surface area contributed by atoms with Crippen LogP contribution in [0, 0.1) is 6.92 Å². The molecule has 0 radical (unpaired) electrons. The predicted molar refractivity (Wildman–Crippen MR) is 62.6 cm³/mol. The predicted octanol–water partition coefficient (Wildman–Crippen LogP) is 3.24. The van der Waals surface area contributed by atoms with E-state index in [9.17, 15) is 13.2 Å². The van der Waals surface area contributed by atoms with Crippen LogP contribution in [0.15, 0.2) is 18.2 Å². The second-order valence-corrected chi connectivity index (χ2v) is 4.46. The Morgan fingerprint density at radius 1 is 1.38 bits per heavy atom. The summed E-state index contributed by atoms with van der Waals surface area (Å²) in [6.07, 6.45) is 0.